The number of urea groups is 1. The van der Waals surface area contributed by atoms with Crippen LogP contribution in [-0.2, 0) is 0 Å². The van der Waals surface area contributed by atoms with Gasteiger partial charge in [0.25, 0.3) is 0 Å². The Balaban J connectivity index is 2.10. The van der Waals surface area contributed by atoms with Crippen molar-refractivity contribution in [3.63, 3.8) is 0 Å². The number of hydrogen-bond donors (Lipinski definition) is 3. The van der Waals surface area contributed by atoms with E-state index < -0.39 is 5.54 Å². The minimum absolute atomic E-state index is 0.0312. The highest BCUT2D eigenvalue weighted by atomic mass is 35.5. The Morgan fingerprint density at radius 3 is 2.62 bits per heavy atom. The molecule has 0 spiro atoms. The van der Waals surface area contributed by atoms with Gasteiger partial charge in [-0.3, -0.25) is 0 Å². The van der Waals surface area contributed by atoms with E-state index in [-0.39, 0.29) is 12.6 Å². The summed E-state index contributed by atoms with van der Waals surface area (Å²) in [5.74, 6) is 0. The van der Waals surface area contributed by atoms with E-state index >= 15 is 0 Å². The van der Waals surface area contributed by atoms with Crippen LogP contribution in [0.2, 0.25) is 5.02 Å². The number of aliphatic hydroxyl groups is 1. The Hall–Kier alpha value is -1.46. The first-order valence-corrected chi connectivity index (χ1v) is 7.50. The maximum absolute atomic E-state index is 12.2. The number of nitrogens with one attached hydrogen (secondary N) is 2. The molecule has 1 aliphatic rings. The van der Waals surface area contributed by atoms with Crippen molar-refractivity contribution < 1.29 is 9.90 Å². The number of anilines is 2. The van der Waals surface area contributed by atoms with Gasteiger partial charge >= 0.3 is 6.03 Å². The minimum atomic E-state index is -0.485. The van der Waals surface area contributed by atoms with Gasteiger partial charge in [0.05, 0.1) is 23.5 Å². The molecule has 5 nitrogen and oxygen atoms in total. The van der Waals surface area contributed by atoms with Gasteiger partial charge in [-0.25, -0.2) is 4.79 Å². The fraction of sp³-hybridized carbons (Fsp3) is 0.533. The summed E-state index contributed by atoms with van der Waals surface area (Å²) in [5, 5.41) is 15.9. The number of halogens is 1. The van der Waals surface area contributed by atoms with Gasteiger partial charge in [0, 0.05) is 19.1 Å². The molecule has 2 rings (SSSR count). The molecule has 0 unspecified atom stereocenters. The maximum Gasteiger partial charge on any atom is 0.319 e. The summed E-state index contributed by atoms with van der Waals surface area (Å²) in [7, 11) is 3.80. The zero-order chi connectivity index (χ0) is 15.5. The number of amides is 2. The van der Waals surface area contributed by atoms with E-state index in [0.29, 0.717) is 10.7 Å². The number of benzene rings is 1. The molecule has 116 valence electrons. The Labute approximate surface area is 130 Å². The largest absolute Gasteiger partial charge is 0.394 e. The van der Waals surface area contributed by atoms with Crippen molar-refractivity contribution in [2.24, 2.45) is 0 Å². The standard InChI is InChI=1S/C15H22ClN3O2/c1-19(2)13-6-5-11(16)9-12(13)17-14(21)18-15(10-20)7-3-4-8-15/h5-6,9,20H,3-4,7-8,10H2,1-2H3,(H2,17,18,21). The molecule has 1 saturated carbocycles. The third kappa shape index (κ3) is 3.80. The molecule has 21 heavy (non-hydrogen) atoms. The third-order valence-electron chi connectivity index (χ3n) is 3.93. The number of aliphatic hydroxyl groups excluding tert-OH is 1. The molecule has 1 aliphatic carbocycles. The molecule has 1 fully saturated rings. The Morgan fingerprint density at radius 2 is 2.05 bits per heavy atom. The van der Waals surface area contributed by atoms with Crippen molar-refractivity contribution in [2.45, 2.75) is 31.2 Å². The van der Waals surface area contributed by atoms with Crippen LogP contribution >= 0.6 is 11.6 Å². The second-order valence-electron chi connectivity index (χ2n) is 5.78. The highest BCUT2D eigenvalue weighted by Crippen LogP contribution is 2.30. The van der Waals surface area contributed by atoms with Crippen LogP contribution in [0.15, 0.2) is 18.2 Å². The van der Waals surface area contributed by atoms with Gasteiger partial charge in [-0.15, -0.1) is 0 Å². The molecule has 0 saturated heterocycles. The second kappa shape index (κ2) is 6.54. The Kier molecular flexibility index (Phi) is 4.96. The van der Waals surface area contributed by atoms with Crippen molar-refractivity contribution in [2.75, 3.05) is 30.9 Å². The van der Waals surface area contributed by atoms with Crippen molar-refractivity contribution >= 4 is 29.0 Å². The third-order valence-corrected chi connectivity index (χ3v) is 4.17. The lowest BCUT2D eigenvalue weighted by Gasteiger charge is -2.28. The topological polar surface area (TPSA) is 64.6 Å². The van der Waals surface area contributed by atoms with E-state index in [0.717, 1.165) is 31.4 Å². The van der Waals surface area contributed by atoms with Crippen molar-refractivity contribution in [3.05, 3.63) is 23.2 Å². The van der Waals surface area contributed by atoms with Gasteiger partial charge in [0.1, 0.15) is 0 Å². The summed E-state index contributed by atoms with van der Waals surface area (Å²) in [6, 6.07) is 5.05. The molecule has 0 atom stereocenters. The molecule has 0 bridgehead atoms. The number of carbonyl (C=O) groups is 1. The summed E-state index contributed by atoms with van der Waals surface area (Å²) in [4.78, 5) is 14.1. The lowest BCUT2D eigenvalue weighted by atomic mass is 9.99. The average Bonchev–Trinajstić information content (AvgIpc) is 2.87. The molecule has 2 amide bonds. The van der Waals surface area contributed by atoms with Crippen LogP contribution in [0.5, 0.6) is 0 Å². The average molecular weight is 312 g/mol. The zero-order valence-corrected chi connectivity index (χ0v) is 13.2. The Bertz CT molecular complexity index is 514. The summed E-state index contributed by atoms with van der Waals surface area (Å²) in [5.41, 5.74) is 1.04. The first-order valence-electron chi connectivity index (χ1n) is 7.13. The quantitative estimate of drug-likeness (QED) is 0.801. The summed E-state index contributed by atoms with van der Waals surface area (Å²) in [6.07, 6.45) is 3.68. The molecule has 6 heteroatoms. The van der Waals surface area contributed by atoms with Crippen LogP contribution in [0, 0.1) is 0 Å². The van der Waals surface area contributed by atoms with Crippen molar-refractivity contribution in [1.29, 1.82) is 0 Å². The van der Waals surface area contributed by atoms with Crippen molar-refractivity contribution in [3.8, 4) is 0 Å². The van der Waals surface area contributed by atoms with Crippen LogP contribution < -0.4 is 15.5 Å². The zero-order valence-electron chi connectivity index (χ0n) is 12.4. The van der Waals surface area contributed by atoms with Gasteiger partial charge in [-0.05, 0) is 31.0 Å². The second-order valence-corrected chi connectivity index (χ2v) is 6.22. The molecule has 1 aromatic rings. The van der Waals surface area contributed by atoms with Crippen LogP contribution in [0.25, 0.3) is 0 Å². The van der Waals surface area contributed by atoms with E-state index in [1.54, 1.807) is 12.1 Å². The van der Waals surface area contributed by atoms with Gasteiger partial charge in [0.2, 0.25) is 0 Å². The lowest BCUT2D eigenvalue weighted by Crippen LogP contribution is -2.50. The van der Waals surface area contributed by atoms with Crippen molar-refractivity contribution in [1.82, 2.24) is 5.32 Å². The molecule has 0 aromatic heterocycles. The first kappa shape index (κ1) is 15.9. The molecular formula is C15H22ClN3O2. The molecule has 1 aromatic carbocycles. The fourth-order valence-electron chi connectivity index (χ4n) is 2.77. The van der Waals surface area contributed by atoms with Crippen LogP contribution in [-0.4, -0.2) is 37.4 Å². The number of rotatable bonds is 4. The van der Waals surface area contributed by atoms with E-state index in [2.05, 4.69) is 10.6 Å². The normalized spacial score (nSPS) is 16.6. The molecule has 0 radical (unpaired) electrons. The van der Waals surface area contributed by atoms with E-state index in [1.807, 2.05) is 25.1 Å². The van der Waals surface area contributed by atoms with E-state index in [9.17, 15) is 9.90 Å². The Morgan fingerprint density at radius 1 is 1.38 bits per heavy atom. The summed E-state index contributed by atoms with van der Waals surface area (Å²) >= 11 is 6.00. The number of nitrogens with zero attached hydrogens (tertiary/aromatic N) is 1. The predicted molar refractivity (Wildman–Crippen MR) is 86.2 cm³/mol. The predicted octanol–water partition coefficient (Wildman–Crippen LogP) is 2.83. The monoisotopic (exact) mass is 311 g/mol. The van der Waals surface area contributed by atoms with E-state index in [4.69, 9.17) is 11.6 Å². The van der Waals surface area contributed by atoms with Gasteiger partial charge < -0.3 is 20.6 Å². The van der Waals surface area contributed by atoms with E-state index in [1.165, 1.54) is 0 Å². The highest BCUT2D eigenvalue weighted by molar-refractivity contribution is 6.31. The molecule has 0 aliphatic heterocycles. The minimum Gasteiger partial charge on any atom is -0.394 e. The smallest absolute Gasteiger partial charge is 0.319 e. The molecule has 3 N–H and O–H groups in total. The fourth-order valence-corrected chi connectivity index (χ4v) is 2.94. The molecular weight excluding hydrogens is 290 g/mol. The summed E-state index contributed by atoms with van der Waals surface area (Å²) in [6.45, 7) is -0.0312. The highest BCUT2D eigenvalue weighted by Gasteiger charge is 2.34. The maximum atomic E-state index is 12.2. The van der Waals surface area contributed by atoms with Gasteiger partial charge in [-0.2, -0.15) is 0 Å². The van der Waals surface area contributed by atoms with Gasteiger partial charge in [-0.1, -0.05) is 24.4 Å². The molecule has 0 heterocycles. The van der Waals surface area contributed by atoms with Gasteiger partial charge in [0.15, 0.2) is 0 Å². The van der Waals surface area contributed by atoms with Crippen LogP contribution in [0.3, 0.4) is 0 Å². The number of hydrogen-bond acceptors (Lipinski definition) is 3. The lowest BCUT2D eigenvalue weighted by molar-refractivity contribution is 0.167. The van der Waals surface area contributed by atoms with Crippen LogP contribution in [0.1, 0.15) is 25.7 Å². The summed E-state index contributed by atoms with van der Waals surface area (Å²) < 4.78 is 0. The van der Waals surface area contributed by atoms with Crippen LogP contribution in [0.4, 0.5) is 16.2 Å². The number of carbonyl (C=O) groups excluding carboxylic acids is 1. The first-order chi connectivity index (χ1) is 9.96. The SMILES string of the molecule is CN(C)c1ccc(Cl)cc1NC(=O)NC1(CO)CCCC1.